The van der Waals surface area contributed by atoms with Crippen molar-refractivity contribution in [3.05, 3.63) is 35.9 Å². The van der Waals surface area contributed by atoms with Crippen LogP contribution in [-0.4, -0.2) is 60.5 Å². The van der Waals surface area contributed by atoms with Crippen molar-refractivity contribution in [3.8, 4) is 0 Å². The van der Waals surface area contributed by atoms with Crippen LogP contribution in [0.2, 0.25) is 0 Å². The first kappa shape index (κ1) is 19.9. The van der Waals surface area contributed by atoms with E-state index in [2.05, 4.69) is 24.3 Å². The molecule has 148 valence electrons. The molecular weight excluding hydrogens is 340 g/mol. The number of hydrogen-bond acceptors (Lipinski definition) is 3. The lowest BCUT2D eigenvalue weighted by atomic mass is 10.0. The Labute approximate surface area is 162 Å². The van der Waals surface area contributed by atoms with Gasteiger partial charge in [0, 0.05) is 39.0 Å². The molecule has 5 nitrogen and oxygen atoms in total. The number of likely N-dealkylation sites (tertiary alicyclic amines) is 1. The largest absolute Gasteiger partial charge is 0.375 e. The molecule has 1 aromatic rings. The summed E-state index contributed by atoms with van der Waals surface area (Å²) < 4.78 is 5.87. The topological polar surface area (TPSA) is 49.9 Å². The molecule has 0 aromatic heterocycles. The number of rotatable bonds is 7. The summed E-state index contributed by atoms with van der Waals surface area (Å²) in [5, 5.41) is 0. The summed E-state index contributed by atoms with van der Waals surface area (Å²) in [4.78, 5) is 28.5. The quantitative estimate of drug-likeness (QED) is 0.739. The van der Waals surface area contributed by atoms with E-state index in [-0.39, 0.29) is 17.9 Å². The summed E-state index contributed by atoms with van der Waals surface area (Å²) in [5.74, 6) is 0.365. The molecule has 1 atom stereocenters. The molecule has 0 bridgehead atoms. The van der Waals surface area contributed by atoms with E-state index in [1.807, 2.05) is 15.9 Å². The van der Waals surface area contributed by atoms with Gasteiger partial charge in [-0.1, -0.05) is 36.8 Å². The maximum absolute atomic E-state index is 12.6. The van der Waals surface area contributed by atoms with Crippen LogP contribution in [0.25, 0.3) is 0 Å². The lowest BCUT2D eigenvalue weighted by Crippen LogP contribution is -2.46. The van der Waals surface area contributed by atoms with Gasteiger partial charge in [0.2, 0.25) is 11.8 Å². The molecular formula is C22H32N2O3. The molecule has 0 unspecified atom stereocenters. The average molecular weight is 373 g/mol. The normalized spacial score (nSPS) is 21.2. The van der Waals surface area contributed by atoms with Crippen molar-refractivity contribution < 1.29 is 14.3 Å². The zero-order chi connectivity index (χ0) is 18.9. The Hall–Kier alpha value is -1.88. The summed E-state index contributed by atoms with van der Waals surface area (Å²) in [7, 11) is 0. The Morgan fingerprint density at radius 3 is 2.81 bits per heavy atom. The van der Waals surface area contributed by atoms with E-state index >= 15 is 0 Å². The highest BCUT2D eigenvalue weighted by molar-refractivity contribution is 5.79. The van der Waals surface area contributed by atoms with E-state index in [4.69, 9.17) is 4.74 Å². The fourth-order valence-corrected chi connectivity index (χ4v) is 3.96. The summed E-state index contributed by atoms with van der Waals surface area (Å²) in [6.07, 6.45) is 7.44. The summed E-state index contributed by atoms with van der Waals surface area (Å²) >= 11 is 0. The van der Waals surface area contributed by atoms with Crippen LogP contribution in [0.4, 0.5) is 0 Å². The van der Waals surface area contributed by atoms with Crippen LogP contribution in [0, 0.1) is 0 Å². The summed E-state index contributed by atoms with van der Waals surface area (Å²) in [6.45, 7) is 3.33. The number of amides is 2. The third kappa shape index (κ3) is 6.35. The second-order valence-corrected chi connectivity index (χ2v) is 7.65. The number of morpholine rings is 1. The molecule has 2 amide bonds. The number of benzene rings is 1. The van der Waals surface area contributed by atoms with Gasteiger partial charge in [0.05, 0.1) is 12.7 Å². The van der Waals surface area contributed by atoms with Gasteiger partial charge in [0.15, 0.2) is 0 Å². The average Bonchev–Trinajstić information content (AvgIpc) is 2.91. The molecule has 0 spiro atoms. The maximum atomic E-state index is 12.6. The van der Waals surface area contributed by atoms with Crippen LogP contribution in [0.3, 0.4) is 0 Å². The Morgan fingerprint density at radius 1 is 1.11 bits per heavy atom. The van der Waals surface area contributed by atoms with Crippen LogP contribution in [-0.2, 0) is 20.7 Å². The Kier molecular flexibility index (Phi) is 7.69. The molecule has 2 fully saturated rings. The van der Waals surface area contributed by atoms with Gasteiger partial charge in [-0.05, 0) is 37.7 Å². The smallest absolute Gasteiger partial charge is 0.224 e. The lowest BCUT2D eigenvalue weighted by Gasteiger charge is -2.33. The molecule has 1 aromatic carbocycles. The Balaban J connectivity index is 1.39. The van der Waals surface area contributed by atoms with E-state index in [1.165, 1.54) is 5.56 Å². The van der Waals surface area contributed by atoms with E-state index < -0.39 is 0 Å². The molecule has 5 heteroatoms. The van der Waals surface area contributed by atoms with Gasteiger partial charge in [-0.25, -0.2) is 0 Å². The second-order valence-electron chi connectivity index (χ2n) is 7.65. The molecule has 0 N–H and O–H groups in total. The van der Waals surface area contributed by atoms with Gasteiger partial charge in [-0.2, -0.15) is 0 Å². The van der Waals surface area contributed by atoms with Crippen molar-refractivity contribution in [3.63, 3.8) is 0 Å². The fraction of sp³-hybridized carbons (Fsp3) is 0.636. The monoisotopic (exact) mass is 372 g/mol. The predicted molar refractivity (Wildman–Crippen MR) is 105 cm³/mol. The molecule has 2 aliphatic rings. The zero-order valence-corrected chi connectivity index (χ0v) is 16.3. The molecule has 0 radical (unpaired) electrons. The first-order valence-corrected chi connectivity index (χ1v) is 10.4. The molecule has 3 rings (SSSR count). The molecule has 2 aliphatic heterocycles. The van der Waals surface area contributed by atoms with Crippen LogP contribution in [0.1, 0.15) is 50.5 Å². The standard InChI is InChI=1S/C22H32N2O3/c25-21-12-5-2-6-14-23(21)15-13-22(26)24-16-17-27-20(18-24)11-7-10-19-8-3-1-4-9-19/h1,3-4,8-9,20H,2,5-7,10-18H2/t20-/m0/s1. The fourth-order valence-electron chi connectivity index (χ4n) is 3.96. The van der Waals surface area contributed by atoms with Gasteiger partial charge < -0.3 is 14.5 Å². The molecule has 2 saturated heterocycles. The maximum Gasteiger partial charge on any atom is 0.224 e. The van der Waals surface area contributed by atoms with Crippen molar-refractivity contribution >= 4 is 11.8 Å². The van der Waals surface area contributed by atoms with Gasteiger partial charge >= 0.3 is 0 Å². The Morgan fingerprint density at radius 2 is 1.96 bits per heavy atom. The van der Waals surface area contributed by atoms with Crippen LogP contribution in [0.15, 0.2) is 30.3 Å². The van der Waals surface area contributed by atoms with E-state index in [1.54, 1.807) is 0 Å². The third-order valence-electron chi connectivity index (χ3n) is 5.59. The van der Waals surface area contributed by atoms with Gasteiger partial charge in [0.25, 0.3) is 0 Å². The van der Waals surface area contributed by atoms with Gasteiger partial charge in [-0.3, -0.25) is 9.59 Å². The van der Waals surface area contributed by atoms with E-state index in [9.17, 15) is 9.59 Å². The summed E-state index contributed by atoms with van der Waals surface area (Å²) in [6, 6.07) is 10.5. The Bertz CT molecular complexity index is 605. The predicted octanol–water partition coefficient (Wildman–Crippen LogP) is 3.03. The number of ether oxygens (including phenoxy) is 1. The van der Waals surface area contributed by atoms with Crippen LogP contribution in [0.5, 0.6) is 0 Å². The first-order chi connectivity index (χ1) is 13.2. The number of aryl methyl sites for hydroxylation is 1. The SMILES string of the molecule is O=C1CCCCCN1CCC(=O)N1CCO[C@@H](CCCc2ccccc2)C1. The number of carbonyl (C=O) groups is 2. The lowest BCUT2D eigenvalue weighted by molar-refractivity contribution is -0.140. The molecule has 27 heavy (non-hydrogen) atoms. The highest BCUT2D eigenvalue weighted by atomic mass is 16.5. The van der Waals surface area contributed by atoms with Crippen molar-refractivity contribution in [2.24, 2.45) is 0 Å². The number of nitrogens with zero attached hydrogens (tertiary/aromatic N) is 2. The zero-order valence-electron chi connectivity index (χ0n) is 16.3. The minimum atomic E-state index is 0.131. The van der Waals surface area contributed by atoms with Gasteiger partial charge in [-0.15, -0.1) is 0 Å². The van der Waals surface area contributed by atoms with Crippen molar-refractivity contribution in [1.82, 2.24) is 9.80 Å². The van der Waals surface area contributed by atoms with E-state index in [0.29, 0.717) is 39.1 Å². The highest BCUT2D eigenvalue weighted by Crippen LogP contribution is 2.15. The van der Waals surface area contributed by atoms with Crippen molar-refractivity contribution in [2.45, 2.75) is 57.5 Å². The number of hydrogen-bond donors (Lipinski definition) is 0. The van der Waals surface area contributed by atoms with Crippen molar-refractivity contribution in [2.75, 3.05) is 32.8 Å². The van der Waals surface area contributed by atoms with Crippen molar-refractivity contribution in [1.29, 1.82) is 0 Å². The number of carbonyl (C=O) groups excluding carboxylic acids is 2. The second kappa shape index (κ2) is 10.5. The summed E-state index contributed by atoms with van der Waals surface area (Å²) in [5.41, 5.74) is 1.35. The first-order valence-electron chi connectivity index (χ1n) is 10.4. The molecule has 0 saturated carbocycles. The third-order valence-corrected chi connectivity index (χ3v) is 5.59. The van der Waals surface area contributed by atoms with E-state index in [0.717, 1.165) is 45.1 Å². The minimum Gasteiger partial charge on any atom is -0.375 e. The molecule has 0 aliphatic carbocycles. The molecule has 2 heterocycles. The van der Waals surface area contributed by atoms with Gasteiger partial charge in [0.1, 0.15) is 0 Å². The van der Waals surface area contributed by atoms with Crippen LogP contribution < -0.4 is 0 Å². The van der Waals surface area contributed by atoms with Crippen LogP contribution >= 0.6 is 0 Å². The highest BCUT2D eigenvalue weighted by Gasteiger charge is 2.25. The minimum absolute atomic E-state index is 0.131.